The van der Waals surface area contributed by atoms with E-state index in [-0.39, 0.29) is 5.54 Å². The maximum atomic E-state index is 10.7. The monoisotopic (exact) mass is 213 g/mol. The van der Waals surface area contributed by atoms with E-state index in [4.69, 9.17) is 5.73 Å². The molecule has 88 valence electrons. The van der Waals surface area contributed by atoms with Crippen LogP contribution in [-0.4, -0.2) is 54.4 Å². The predicted octanol–water partition coefficient (Wildman–Crippen LogP) is -0.476. The van der Waals surface area contributed by atoms with E-state index >= 15 is 0 Å². The van der Waals surface area contributed by atoms with Crippen LogP contribution in [0.2, 0.25) is 0 Å². The molecule has 15 heavy (non-hydrogen) atoms. The molecule has 0 unspecified atom stereocenters. The number of nitrogens with one attached hydrogen (secondary N) is 1. The highest BCUT2D eigenvalue weighted by Crippen LogP contribution is 2.36. The summed E-state index contributed by atoms with van der Waals surface area (Å²) in [5, 5.41) is 14.0. The van der Waals surface area contributed by atoms with Gasteiger partial charge in [-0.2, -0.15) is 0 Å². The molecular formula is C11H23N3O. The lowest BCUT2D eigenvalue weighted by molar-refractivity contribution is -0.0866. The van der Waals surface area contributed by atoms with Crippen molar-refractivity contribution in [3.05, 3.63) is 0 Å². The van der Waals surface area contributed by atoms with Crippen molar-refractivity contribution >= 4 is 0 Å². The molecule has 2 rings (SSSR count). The highest BCUT2D eigenvalue weighted by molar-refractivity contribution is 5.07. The minimum absolute atomic E-state index is 0.362. The normalized spacial score (nSPS) is 31.4. The van der Waals surface area contributed by atoms with Crippen molar-refractivity contribution < 1.29 is 5.11 Å². The molecule has 0 bridgehead atoms. The Labute approximate surface area is 91.8 Å². The van der Waals surface area contributed by atoms with E-state index in [2.05, 4.69) is 17.3 Å². The van der Waals surface area contributed by atoms with Crippen LogP contribution in [0.1, 0.15) is 25.7 Å². The second-order valence-electron chi connectivity index (χ2n) is 5.24. The summed E-state index contributed by atoms with van der Waals surface area (Å²) in [6.07, 6.45) is 3.43. The van der Waals surface area contributed by atoms with Gasteiger partial charge < -0.3 is 21.1 Å². The van der Waals surface area contributed by atoms with E-state index < -0.39 is 5.60 Å². The lowest BCUT2D eigenvalue weighted by Crippen LogP contribution is -2.67. The molecule has 4 heteroatoms. The quantitative estimate of drug-likeness (QED) is 0.551. The minimum Gasteiger partial charge on any atom is -0.388 e. The van der Waals surface area contributed by atoms with Gasteiger partial charge in [0, 0.05) is 18.6 Å². The van der Waals surface area contributed by atoms with Gasteiger partial charge in [0.05, 0.1) is 5.60 Å². The number of nitrogens with zero attached hydrogens (tertiary/aromatic N) is 1. The molecule has 0 amide bonds. The number of hydrogen-bond donors (Lipinski definition) is 3. The van der Waals surface area contributed by atoms with Gasteiger partial charge in [-0.15, -0.1) is 0 Å². The second kappa shape index (κ2) is 4.01. The minimum atomic E-state index is -0.637. The van der Waals surface area contributed by atoms with Crippen LogP contribution in [0.5, 0.6) is 0 Å². The fourth-order valence-electron chi connectivity index (χ4n) is 2.82. The molecular weight excluding hydrogens is 190 g/mol. The van der Waals surface area contributed by atoms with Gasteiger partial charge in [-0.1, -0.05) is 0 Å². The number of rotatable bonds is 1. The molecule has 2 fully saturated rings. The Morgan fingerprint density at radius 2 is 1.67 bits per heavy atom. The van der Waals surface area contributed by atoms with Crippen LogP contribution >= 0.6 is 0 Å². The topological polar surface area (TPSA) is 61.5 Å². The molecule has 2 aliphatic rings. The summed E-state index contributed by atoms with van der Waals surface area (Å²) < 4.78 is 0. The summed E-state index contributed by atoms with van der Waals surface area (Å²) in [6.45, 7) is 3.80. The molecule has 0 atom stereocenters. The Balaban J connectivity index is 2.06. The highest BCUT2D eigenvalue weighted by atomic mass is 16.3. The number of aliphatic hydroxyl groups is 1. The smallest absolute Gasteiger partial charge is 0.0851 e. The van der Waals surface area contributed by atoms with Gasteiger partial charge in [0.15, 0.2) is 0 Å². The van der Waals surface area contributed by atoms with E-state index in [1.807, 2.05) is 0 Å². The lowest BCUT2D eigenvalue weighted by Gasteiger charge is -2.50. The maximum absolute atomic E-state index is 10.7. The van der Waals surface area contributed by atoms with Crippen LogP contribution in [0.15, 0.2) is 0 Å². The molecule has 0 aromatic heterocycles. The van der Waals surface area contributed by atoms with Crippen LogP contribution in [0.25, 0.3) is 0 Å². The van der Waals surface area contributed by atoms with Crippen molar-refractivity contribution in [3.63, 3.8) is 0 Å². The summed E-state index contributed by atoms with van der Waals surface area (Å²) in [5.74, 6) is 0. The molecule has 2 saturated heterocycles. The SMILES string of the molecule is CN1CCC(O)(C2(N)CCNCC2)CC1. The average molecular weight is 213 g/mol. The molecule has 4 nitrogen and oxygen atoms in total. The zero-order chi connectivity index (χ0) is 10.9. The zero-order valence-corrected chi connectivity index (χ0v) is 9.63. The summed E-state index contributed by atoms with van der Waals surface area (Å²) in [5.41, 5.74) is 5.41. The van der Waals surface area contributed by atoms with Gasteiger partial charge >= 0.3 is 0 Å². The van der Waals surface area contributed by atoms with Crippen molar-refractivity contribution in [2.45, 2.75) is 36.8 Å². The average Bonchev–Trinajstić information content (AvgIpc) is 2.24. The van der Waals surface area contributed by atoms with Crippen LogP contribution in [-0.2, 0) is 0 Å². The van der Waals surface area contributed by atoms with Gasteiger partial charge in [-0.3, -0.25) is 0 Å². The molecule has 0 radical (unpaired) electrons. The van der Waals surface area contributed by atoms with Crippen LogP contribution < -0.4 is 11.1 Å². The summed E-state index contributed by atoms with van der Waals surface area (Å²) >= 11 is 0. The third-order valence-electron chi connectivity index (χ3n) is 4.24. The number of piperidine rings is 2. The Morgan fingerprint density at radius 3 is 2.20 bits per heavy atom. The maximum Gasteiger partial charge on any atom is 0.0851 e. The van der Waals surface area contributed by atoms with E-state index in [9.17, 15) is 5.11 Å². The van der Waals surface area contributed by atoms with E-state index in [0.29, 0.717) is 0 Å². The van der Waals surface area contributed by atoms with Gasteiger partial charge in [0.1, 0.15) is 0 Å². The van der Waals surface area contributed by atoms with Crippen molar-refractivity contribution in [1.82, 2.24) is 10.2 Å². The zero-order valence-electron chi connectivity index (χ0n) is 9.63. The van der Waals surface area contributed by atoms with Gasteiger partial charge in [-0.05, 0) is 45.8 Å². The number of likely N-dealkylation sites (tertiary alicyclic amines) is 1. The summed E-state index contributed by atoms with van der Waals surface area (Å²) in [4.78, 5) is 2.26. The van der Waals surface area contributed by atoms with E-state index in [1.165, 1.54) is 0 Å². The molecule has 4 N–H and O–H groups in total. The molecule has 0 aromatic carbocycles. The van der Waals surface area contributed by atoms with Crippen molar-refractivity contribution in [2.75, 3.05) is 33.2 Å². The Kier molecular flexibility index (Phi) is 3.03. The van der Waals surface area contributed by atoms with Gasteiger partial charge in [-0.25, -0.2) is 0 Å². The van der Waals surface area contributed by atoms with E-state index in [1.54, 1.807) is 0 Å². The largest absolute Gasteiger partial charge is 0.388 e. The van der Waals surface area contributed by atoms with Crippen molar-refractivity contribution in [1.29, 1.82) is 0 Å². The molecule has 0 saturated carbocycles. The van der Waals surface area contributed by atoms with Crippen LogP contribution in [0, 0.1) is 0 Å². The first kappa shape index (κ1) is 11.3. The molecule has 2 aliphatic heterocycles. The molecule has 0 aliphatic carbocycles. The fraction of sp³-hybridized carbons (Fsp3) is 1.00. The highest BCUT2D eigenvalue weighted by Gasteiger charge is 2.48. The number of hydrogen-bond acceptors (Lipinski definition) is 4. The first-order valence-electron chi connectivity index (χ1n) is 5.96. The van der Waals surface area contributed by atoms with Crippen LogP contribution in [0.3, 0.4) is 0 Å². The Morgan fingerprint density at radius 1 is 1.13 bits per heavy atom. The third-order valence-corrected chi connectivity index (χ3v) is 4.24. The van der Waals surface area contributed by atoms with E-state index in [0.717, 1.165) is 51.9 Å². The second-order valence-corrected chi connectivity index (χ2v) is 5.24. The molecule has 0 spiro atoms. The summed E-state index contributed by atoms with van der Waals surface area (Å²) in [7, 11) is 2.10. The van der Waals surface area contributed by atoms with Crippen molar-refractivity contribution in [2.24, 2.45) is 5.73 Å². The molecule has 2 heterocycles. The van der Waals surface area contributed by atoms with Crippen LogP contribution in [0.4, 0.5) is 0 Å². The Hall–Kier alpha value is -0.160. The number of nitrogens with two attached hydrogens (primary N) is 1. The van der Waals surface area contributed by atoms with Gasteiger partial charge in [0.25, 0.3) is 0 Å². The standard InChI is InChI=1S/C11H23N3O/c1-14-8-4-11(15,5-9-14)10(12)2-6-13-7-3-10/h13,15H,2-9,12H2,1H3. The predicted molar refractivity (Wildman–Crippen MR) is 60.7 cm³/mol. The third kappa shape index (κ3) is 2.04. The first-order valence-corrected chi connectivity index (χ1v) is 5.96. The lowest BCUT2D eigenvalue weighted by atomic mass is 9.69. The molecule has 0 aromatic rings. The van der Waals surface area contributed by atoms with Crippen molar-refractivity contribution in [3.8, 4) is 0 Å². The first-order chi connectivity index (χ1) is 7.06. The Bertz CT molecular complexity index is 218. The van der Waals surface area contributed by atoms with Gasteiger partial charge in [0.2, 0.25) is 0 Å². The fourth-order valence-corrected chi connectivity index (χ4v) is 2.82. The summed E-state index contributed by atoms with van der Waals surface area (Å²) in [6, 6.07) is 0.